The van der Waals surface area contributed by atoms with Crippen LogP contribution < -0.4 is 10.1 Å². The Bertz CT molecular complexity index is 583. The van der Waals surface area contributed by atoms with E-state index in [-0.39, 0.29) is 5.41 Å². The molecule has 0 amide bonds. The maximum atomic E-state index is 6.01. The van der Waals surface area contributed by atoms with E-state index in [1.807, 2.05) is 18.2 Å². The summed E-state index contributed by atoms with van der Waals surface area (Å²) in [5.41, 5.74) is 1.73. The number of methoxy groups -OCH3 is 1. The molecule has 1 aliphatic heterocycles. The first-order valence-corrected chi connectivity index (χ1v) is 6.81. The van der Waals surface area contributed by atoms with Crippen molar-refractivity contribution in [1.29, 1.82) is 0 Å². The molecule has 4 heteroatoms. The van der Waals surface area contributed by atoms with Crippen LogP contribution >= 0.6 is 0 Å². The predicted octanol–water partition coefficient (Wildman–Crippen LogP) is 2.72. The first-order valence-electron chi connectivity index (χ1n) is 6.81. The van der Waals surface area contributed by atoms with Gasteiger partial charge < -0.3 is 14.5 Å². The molecule has 1 saturated heterocycles. The first kappa shape index (κ1) is 12.5. The molecule has 1 aliphatic rings. The highest BCUT2D eigenvalue weighted by molar-refractivity contribution is 5.74. The Balaban J connectivity index is 2.09. The van der Waals surface area contributed by atoms with E-state index in [0.29, 0.717) is 5.92 Å². The molecule has 1 aromatic heterocycles. The third-order valence-electron chi connectivity index (χ3n) is 4.31. The molecular weight excluding hydrogens is 240 g/mol. The summed E-state index contributed by atoms with van der Waals surface area (Å²) in [6.45, 7) is 6.44. The van der Waals surface area contributed by atoms with Gasteiger partial charge >= 0.3 is 0 Å². The van der Waals surface area contributed by atoms with Gasteiger partial charge in [0, 0.05) is 12.6 Å². The number of aromatic nitrogens is 1. The molecule has 1 unspecified atom stereocenters. The summed E-state index contributed by atoms with van der Waals surface area (Å²) in [5, 5.41) is 3.44. The minimum absolute atomic E-state index is 0.0201. The number of hydrogen-bond acceptors (Lipinski definition) is 4. The number of hydrogen-bond donors (Lipinski definition) is 1. The van der Waals surface area contributed by atoms with Crippen molar-refractivity contribution in [3.63, 3.8) is 0 Å². The summed E-state index contributed by atoms with van der Waals surface area (Å²) in [4.78, 5) is 4.71. The van der Waals surface area contributed by atoms with Crippen LogP contribution in [0.2, 0.25) is 0 Å². The van der Waals surface area contributed by atoms with Crippen LogP contribution in [0.25, 0.3) is 11.1 Å². The Morgan fingerprint density at radius 1 is 1.42 bits per heavy atom. The average molecular weight is 260 g/mol. The average Bonchev–Trinajstić information content (AvgIpc) is 3.04. The van der Waals surface area contributed by atoms with Crippen LogP contribution in [-0.4, -0.2) is 25.2 Å². The van der Waals surface area contributed by atoms with Gasteiger partial charge in [-0.1, -0.05) is 13.8 Å². The maximum Gasteiger partial charge on any atom is 0.203 e. The Kier molecular flexibility index (Phi) is 2.97. The lowest BCUT2D eigenvalue weighted by molar-refractivity contribution is 0.269. The minimum atomic E-state index is 0.0201. The Morgan fingerprint density at radius 2 is 2.26 bits per heavy atom. The monoisotopic (exact) mass is 260 g/mol. The zero-order chi connectivity index (χ0) is 13.5. The summed E-state index contributed by atoms with van der Waals surface area (Å²) >= 11 is 0. The molecule has 1 fully saturated rings. The molecule has 1 aromatic carbocycles. The van der Waals surface area contributed by atoms with Crippen molar-refractivity contribution >= 4 is 11.1 Å². The zero-order valence-corrected chi connectivity index (χ0v) is 11.7. The Labute approximate surface area is 113 Å². The lowest BCUT2D eigenvalue weighted by Crippen LogP contribution is -2.35. The lowest BCUT2D eigenvalue weighted by atomic mass is 9.76. The van der Waals surface area contributed by atoms with E-state index in [2.05, 4.69) is 19.2 Å². The maximum absolute atomic E-state index is 6.01. The summed E-state index contributed by atoms with van der Waals surface area (Å²) in [6.07, 6.45) is 1.08. The summed E-state index contributed by atoms with van der Waals surface area (Å²) in [6, 6.07) is 5.77. The third kappa shape index (κ3) is 1.91. The SMILES string of the molecule is COc1ccc2oc(C3(C(C)C)CCNC3)nc2c1. The van der Waals surface area contributed by atoms with Gasteiger partial charge in [-0.15, -0.1) is 0 Å². The summed E-state index contributed by atoms with van der Waals surface area (Å²) in [5.74, 6) is 2.17. The topological polar surface area (TPSA) is 47.3 Å². The van der Waals surface area contributed by atoms with E-state index in [1.165, 1.54) is 0 Å². The number of rotatable bonds is 3. The second kappa shape index (κ2) is 4.53. The molecule has 0 bridgehead atoms. The highest BCUT2D eigenvalue weighted by Crippen LogP contribution is 2.39. The molecule has 0 spiro atoms. The molecule has 102 valence electrons. The molecule has 1 N–H and O–H groups in total. The number of oxazole rings is 1. The first-order chi connectivity index (χ1) is 9.15. The van der Waals surface area contributed by atoms with E-state index in [9.17, 15) is 0 Å². The second-order valence-corrected chi connectivity index (χ2v) is 5.59. The largest absolute Gasteiger partial charge is 0.497 e. The number of nitrogens with one attached hydrogen (secondary N) is 1. The van der Waals surface area contributed by atoms with Gasteiger partial charge in [-0.2, -0.15) is 0 Å². The van der Waals surface area contributed by atoms with Gasteiger partial charge in [0.25, 0.3) is 0 Å². The Hall–Kier alpha value is -1.55. The molecule has 2 aromatic rings. The standard InChI is InChI=1S/C15H20N2O2/c1-10(2)15(6-7-16-9-15)14-17-12-8-11(18-3)4-5-13(12)19-14/h4-5,8,10,16H,6-7,9H2,1-3H3. The highest BCUT2D eigenvalue weighted by atomic mass is 16.5. The fraction of sp³-hybridized carbons (Fsp3) is 0.533. The van der Waals surface area contributed by atoms with E-state index in [1.54, 1.807) is 7.11 Å². The molecular formula is C15H20N2O2. The van der Waals surface area contributed by atoms with E-state index in [4.69, 9.17) is 14.1 Å². The molecule has 19 heavy (non-hydrogen) atoms. The van der Waals surface area contributed by atoms with Crippen LogP contribution in [0.15, 0.2) is 22.6 Å². The fourth-order valence-electron chi connectivity index (χ4n) is 2.88. The van der Waals surface area contributed by atoms with E-state index < -0.39 is 0 Å². The van der Waals surface area contributed by atoms with Gasteiger partial charge in [-0.05, 0) is 31.0 Å². The lowest BCUT2D eigenvalue weighted by Gasteiger charge is -2.28. The molecule has 2 heterocycles. The van der Waals surface area contributed by atoms with Gasteiger partial charge in [0.15, 0.2) is 5.58 Å². The molecule has 4 nitrogen and oxygen atoms in total. The van der Waals surface area contributed by atoms with Crippen LogP contribution in [0.5, 0.6) is 5.75 Å². The van der Waals surface area contributed by atoms with E-state index in [0.717, 1.165) is 42.3 Å². The number of fused-ring (bicyclic) bond motifs is 1. The van der Waals surface area contributed by atoms with Crippen LogP contribution in [-0.2, 0) is 5.41 Å². The number of ether oxygens (including phenoxy) is 1. The number of benzene rings is 1. The van der Waals surface area contributed by atoms with Crippen molar-refractivity contribution in [1.82, 2.24) is 10.3 Å². The van der Waals surface area contributed by atoms with Crippen molar-refractivity contribution in [3.8, 4) is 5.75 Å². The molecule has 1 atom stereocenters. The van der Waals surface area contributed by atoms with Crippen molar-refractivity contribution in [2.24, 2.45) is 5.92 Å². The van der Waals surface area contributed by atoms with Gasteiger partial charge in [-0.3, -0.25) is 0 Å². The zero-order valence-electron chi connectivity index (χ0n) is 11.7. The quantitative estimate of drug-likeness (QED) is 0.921. The smallest absolute Gasteiger partial charge is 0.203 e. The molecule has 0 aliphatic carbocycles. The van der Waals surface area contributed by atoms with Crippen molar-refractivity contribution in [2.45, 2.75) is 25.7 Å². The highest BCUT2D eigenvalue weighted by Gasteiger charge is 2.43. The van der Waals surface area contributed by atoms with Crippen LogP contribution in [0.3, 0.4) is 0 Å². The molecule has 0 radical (unpaired) electrons. The fourth-order valence-corrected chi connectivity index (χ4v) is 2.88. The summed E-state index contributed by atoms with van der Waals surface area (Å²) in [7, 11) is 1.67. The van der Waals surface area contributed by atoms with Crippen molar-refractivity contribution < 1.29 is 9.15 Å². The number of nitrogens with zero attached hydrogens (tertiary/aromatic N) is 1. The van der Waals surface area contributed by atoms with Gasteiger partial charge in [0.1, 0.15) is 11.3 Å². The summed E-state index contributed by atoms with van der Waals surface area (Å²) < 4.78 is 11.2. The predicted molar refractivity (Wildman–Crippen MR) is 74.6 cm³/mol. The second-order valence-electron chi connectivity index (χ2n) is 5.59. The third-order valence-corrected chi connectivity index (χ3v) is 4.31. The van der Waals surface area contributed by atoms with Crippen LogP contribution in [0.1, 0.15) is 26.2 Å². The minimum Gasteiger partial charge on any atom is -0.497 e. The van der Waals surface area contributed by atoms with Crippen molar-refractivity contribution in [3.05, 3.63) is 24.1 Å². The van der Waals surface area contributed by atoms with Crippen LogP contribution in [0, 0.1) is 5.92 Å². The van der Waals surface area contributed by atoms with Gasteiger partial charge in [0.2, 0.25) is 5.89 Å². The Morgan fingerprint density at radius 3 is 2.89 bits per heavy atom. The van der Waals surface area contributed by atoms with Gasteiger partial charge in [0.05, 0.1) is 12.5 Å². The molecule has 0 saturated carbocycles. The normalized spacial score (nSPS) is 23.4. The van der Waals surface area contributed by atoms with Gasteiger partial charge in [-0.25, -0.2) is 4.98 Å². The van der Waals surface area contributed by atoms with Crippen LogP contribution in [0.4, 0.5) is 0 Å². The van der Waals surface area contributed by atoms with E-state index >= 15 is 0 Å². The van der Waals surface area contributed by atoms with Crippen molar-refractivity contribution in [2.75, 3.05) is 20.2 Å². The molecule has 3 rings (SSSR count).